The monoisotopic (exact) mass is 309 g/mol. The number of rotatable bonds is 4. The van der Waals surface area contributed by atoms with Gasteiger partial charge < -0.3 is 10.2 Å². The molecule has 0 radical (unpaired) electrons. The van der Waals surface area contributed by atoms with Gasteiger partial charge in [-0.2, -0.15) is 0 Å². The summed E-state index contributed by atoms with van der Waals surface area (Å²) in [5.41, 5.74) is 1.91. The standard InChI is InChI=1S/C19H23N3O/c1-15-5-7-17(8-6-15)19(23)21-14-16-9-12-22(13-10-16)18-4-2-3-11-20-18/h2-8,11,16H,9-10,12-14H2,1H3,(H,21,23). The number of nitrogens with one attached hydrogen (secondary N) is 1. The number of benzene rings is 1. The second-order valence-electron chi connectivity index (χ2n) is 6.19. The van der Waals surface area contributed by atoms with Crippen LogP contribution in [0.4, 0.5) is 5.82 Å². The summed E-state index contributed by atoms with van der Waals surface area (Å²) >= 11 is 0. The molecule has 1 aliphatic rings. The lowest BCUT2D eigenvalue weighted by Crippen LogP contribution is -2.39. The van der Waals surface area contributed by atoms with Crippen LogP contribution in [0.25, 0.3) is 0 Å². The van der Waals surface area contributed by atoms with E-state index in [1.54, 1.807) is 0 Å². The number of piperidine rings is 1. The number of aryl methyl sites for hydroxylation is 1. The summed E-state index contributed by atoms with van der Waals surface area (Å²) in [5, 5.41) is 3.07. The third-order valence-corrected chi connectivity index (χ3v) is 4.45. The van der Waals surface area contributed by atoms with Crippen molar-refractivity contribution in [2.24, 2.45) is 5.92 Å². The van der Waals surface area contributed by atoms with E-state index in [1.165, 1.54) is 5.56 Å². The Morgan fingerprint density at radius 2 is 1.91 bits per heavy atom. The summed E-state index contributed by atoms with van der Waals surface area (Å²) in [6, 6.07) is 13.7. The zero-order valence-corrected chi connectivity index (χ0v) is 13.5. The fourth-order valence-electron chi connectivity index (χ4n) is 2.95. The molecule has 0 unspecified atom stereocenters. The average molecular weight is 309 g/mol. The Morgan fingerprint density at radius 1 is 1.17 bits per heavy atom. The molecule has 1 aromatic heterocycles. The van der Waals surface area contributed by atoms with Crippen LogP contribution in [0.3, 0.4) is 0 Å². The SMILES string of the molecule is Cc1ccc(C(=O)NCC2CCN(c3ccccn3)CC2)cc1. The van der Waals surface area contributed by atoms with Crippen LogP contribution in [0.2, 0.25) is 0 Å². The predicted octanol–water partition coefficient (Wildman–Crippen LogP) is 3.04. The minimum absolute atomic E-state index is 0.0251. The molecule has 4 nitrogen and oxygen atoms in total. The third-order valence-electron chi connectivity index (χ3n) is 4.45. The number of nitrogens with zero attached hydrogens (tertiary/aromatic N) is 2. The second kappa shape index (κ2) is 7.27. The number of carbonyl (C=O) groups excluding carboxylic acids is 1. The van der Waals surface area contributed by atoms with Crippen molar-refractivity contribution in [3.63, 3.8) is 0 Å². The number of pyridine rings is 1. The fourth-order valence-corrected chi connectivity index (χ4v) is 2.95. The van der Waals surface area contributed by atoms with Crippen molar-refractivity contribution in [2.45, 2.75) is 19.8 Å². The maximum absolute atomic E-state index is 12.2. The first-order chi connectivity index (χ1) is 11.2. The van der Waals surface area contributed by atoms with Crippen LogP contribution in [-0.4, -0.2) is 30.5 Å². The maximum atomic E-state index is 12.2. The molecule has 4 heteroatoms. The molecule has 3 rings (SSSR count). The van der Waals surface area contributed by atoms with Crippen LogP contribution < -0.4 is 10.2 Å². The van der Waals surface area contributed by atoms with Crippen molar-refractivity contribution in [2.75, 3.05) is 24.5 Å². The zero-order valence-electron chi connectivity index (χ0n) is 13.5. The molecule has 120 valence electrons. The number of anilines is 1. The van der Waals surface area contributed by atoms with Crippen molar-refractivity contribution in [3.8, 4) is 0 Å². The van der Waals surface area contributed by atoms with Crippen LogP contribution in [0.1, 0.15) is 28.8 Å². The molecule has 1 fully saturated rings. The summed E-state index contributed by atoms with van der Waals surface area (Å²) in [6.45, 7) is 4.78. The van der Waals surface area contributed by atoms with E-state index >= 15 is 0 Å². The Hall–Kier alpha value is -2.36. The van der Waals surface area contributed by atoms with Gasteiger partial charge in [-0.15, -0.1) is 0 Å². The molecule has 0 spiro atoms. The average Bonchev–Trinajstić information content (AvgIpc) is 2.61. The van der Waals surface area contributed by atoms with Gasteiger partial charge in [0.1, 0.15) is 5.82 Å². The minimum atomic E-state index is 0.0251. The van der Waals surface area contributed by atoms with E-state index in [0.717, 1.165) is 43.9 Å². The smallest absolute Gasteiger partial charge is 0.251 e. The van der Waals surface area contributed by atoms with Gasteiger partial charge in [0, 0.05) is 31.4 Å². The highest BCUT2D eigenvalue weighted by atomic mass is 16.1. The molecule has 23 heavy (non-hydrogen) atoms. The van der Waals surface area contributed by atoms with Crippen molar-refractivity contribution < 1.29 is 4.79 Å². The Balaban J connectivity index is 1.46. The van der Waals surface area contributed by atoms with E-state index in [-0.39, 0.29) is 5.91 Å². The molecule has 2 aromatic rings. The summed E-state index contributed by atoms with van der Waals surface area (Å²) in [7, 11) is 0. The maximum Gasteiger partial charge on any atom is 0.251 e. The van der Waals surface area contributed by atoms with Gasteiger partial charge >= 0.3 is 0 Å². The van der Waals surface area contributed by atoms with Gasteiger partial charge in [-0.3, -0.25) is 4.79 Å². The van der Waals surface area contributed by atoms with E-state index in [0.29, 0.717) is 5.92 Å². The van der Waals surface area contributed by atoms with E-state index in [4.69, 9.17) is 0 Å². The van der Waals surface area contributed by atoms with Gasteiger partial charge in [-0.1, -0.05) is 23.8 Å². The van der Waals surface area contributed by atoms with Crippen molar-refractivity contribution in [1.82, 2.24) is 10.3 Å². The lowest BCUT2D eigenvalue weighted by atomic mass is 9.96. The Morgan fingerprint density at radius 3 is 2.57 bits per heavy atom. The topological polar surface area (TPSA) is 45.2 Å². The number of hydrogen-bond acceptors (Lipinski definition) is 3. The Bertz CT molecular complexity index is 631. The molecule has 1 N–H and O–H groups in total. The van der Waals surface area contributed by atoms with Crippen LogP contribution in [0.15, 0.2) is 48.7 Å². The first kappa shape index (κ1) is 15.5. The quantitative estimate of drug-likeness (QED) is 0.944. The summed E-state index contributed by atoms with van der Waals surface area (Å²) in [4.78, 5) is 18.9. The van der Waals surface area contributed by atoms with Crippen molar-refractivity contribution in [3.05, 3.63) is 59.8 Å². The molecule has 0 bridgehead atoms. The van der Waals surface area contributed by atoms with Crippen molar-refractivity contribution >= 4 is 11.7 Å². The number of amides is 1. The molecule has 2 heterocycles. The molecule has 1 saturated heterocycles. The largest absolute Gasteiger partial charge is 0.357 e. The van der Waals surface area contributed by atoms with Crippen molar-refractivity contribution in [1.29, 1.82) is 0 Å². The minimum Gasteiger partial charge on any atom is -0.357 e. The van der Waals surface area contributed by atoms with Crippen LogP contribution in [-0.2, 0) is 0 Å². The second-order valence-corrected chi connectivity index (χ2v) is 6.19. The van der Waals surface area contributed by atoms with Gasteiger partial charge in [0.25, 0.3) is 5.91 Å². The highest BCUT2D eigenvalue weighted by Crippen LogP contribution is 2.21. The molecule has 1 amide bonds. The summed E-state index contributed by atoms with van der Waals surface area (Å²) < 4.78 is 0. The van der Waals surface area contributed by atoms with E-state index in [2.05, 4.69) is 21.3 Å². The Kier molecular flexibility index (Phi) is 4.91. The molecular formula is C19H23N3O. The number of carbonyl (C=O) groups is 1. The van der Waals surface area contributed by atoms with E-state index in [1.807, 2.05) is 49.5 Å². The highest BCUT2D eigenvalue weighted by Gasteiger charge is 2.20. The normalized spacial score (nSPS) is 15.4. The lowest BCUT2D eigenvalue weighted by molar-refractivity contribution is 0.0945. The van der Waals surface area contributed by atoms with Crippen LogP contribution in [0.5, 0.6) is 0 Å². The first-order valence-corrected chi connectivity index (χ1v) is 8.23. The molecule has 1 aromatic carbocycles. The Labute approximate surface area is 137 Å². The van der Waals surface area contributed by atoms with Gasteiger partial charge in [-0.25, -0.2) is 4.98 Å². The molecular weight excluding hydrogens is 286 g/mol. The molecule has 0 atom stereocenters. The van der Waals surface area contributed by atoms with Gasteiger partial charge in [0.05, 0.1) is 0 Å². The zero-order chi connectivity index (χ0) is 16.1. The number of hydrogen-bond donors (Lipinski definition) is 1. The molecule has 0 saturated carbocycles. The summed E-state index contributed by atoms with van der Waals surface area (Å²) in [5.74, 6) is 1.62. The van der Waals surface area contributed by atoms with Crippen LogP contribution in [0, 0.1) is 12.8 Å². The van der Waals surface area contributed by atoms with Gasteiger partial charge in [0.15, 0.2) is 0 Å². The van der Waals surface area contributed by atoms with Gasteiger partial charge in [0.2, 0.25) is 0 Å². The van der Waals surface area contributed by atoms with Gasteiger partial charge in [-0.05, 0) is 49.9 Å². The lowest BCUT2D eigenvalue weighted by Gasteiger charge is -2.32. The predicted molar refractivity (Wildman–Crippen MR) is 92.7 cm³/mol. The fraction of sp³-hybridized carbons (Fsp3) is 0.368. The third kappa shape index (κ3) is 4.09. The van der Waals surface area contributed by atoms with Crippen LogP contribution >= 0.6 is 0 Å². The molecule has 1 aliphatic heterocycles. The van der Waals surface area contributed by atoms with E-state index in [9.17, 15) is 4.79 Å². The summed E-state index contributed by atoms with van der Waals surface area (Å²) in [6.07, 6.45) is 4.01. The first-order valence-electron chi connectivity index (χ1n) is 8.23. The highest BCUT2D eigenvalue weighted by molar-refractivity contribution is 5.94. The van der Waals surface area contributed by atoms with E-state index < -0.39 is 0 Å². The number of aromatic nitrogens is 1. The molecule has 0 aliphatic carbocycles.